The molecule has 11 heteroatoms. The minimum absolute atomic E-state index is 0.0715. The highest BCUT2D eigenvalue weighted by Gasteiger charge is 2.45. The van der Waals surface area contributed by atoms with Crippen LogP contribution in [0.15, 0.2) is 34.8 Å². The molecular weight excluding hydrogens is 595 g/mol. The number of hydrogen-bond donors (Lipinski definition) is 0. The molecule has 0 N–H and O–H groups in total. The van der Waals surface area contributed by atoms with Gasteiger partial charge >= 0.3 is 0 Å². The highest BCUT2D eigenvalue weighted by molar-refractivity contribution is 7.98. The molecule has 2 aliphatic carbocycles. The van der Waals surface area contributed by atoms with Gasteiger partial charge in [-0.05, 0) is 73.1 Å². The number of piperazine rings is 1. The largest absolute Gasteiger partial charge is 0.354 e. The first-order valence-electron chi connectivity index (χ1n) is 16.5. The van der Waals surface area contributed by atoms with Crippen molar-refractivity contribution < 1.29 is 17.4 Å². The molecule has 2 atom stereocenters. The Hall–Kier alpha value is -2.21. The van der Waals surface area contributed by atoms with E-state index in [2.05, 4.69) is 28.7 Å². The van der Waals surface area contributed by atoms with Gasteiger partial charge in [-0.25, -0.2) is 12.7 Å². The van der Waals surface area contributed by atoms with Crippen molar-refractivity contribution in [1.82, 2.24) is 14.1 Å². The standard InChI is InChI=1S/C33H49N5O4S2/c1-5-37(43(4,40)6-2)22-25-8-13-28(30(20-25)38-14-7-19-44(38,41)42)31(39)23-35-15-17-36(18-16-35)32-29(26-9-10-26)21-33(3,24-34-32)27-11-12-27/h8,13,20-21,26-27H,4-7,9-12,14-19,22-24H2,1-3H3. The third-order valence-corrected chi connectivity index (χ3v) is 14.3. The molecule has 2 saturated heterocycles. The molecule has 0 radical (unpaired) electrons. The number of sulfonamides is 1. The Balaban J connectivity index is 1.15. The molecule has 0 spiro atoms. The number of amidine groups is 1. The summed E-state index contributed by atoms with van der Waals surface area (Å²) in [7, 11) is -5.91. The lowest BCUT2D eigenvalue weighted by Crippen LogP contribution is -2.51. The summed E-state index contributed by atoms with van der Waals surface area (Å²) in [5, 5.41) is 0. The Labute approximate surface area is 264 Å². The normalized spacial score (nSPS) is 27.3. The number of benzene rings is 1. The summed E-state index contributed by atoms with van der Waals surface area (Å²) >= 11 is 0. The molecule has 5 aliphatic rings. The van der Waals surface area contributed by atoms with E-state index in [1.807, 2.05) is 30.3 Å². The smallest absolute Gasteiger partial charge is 0.235 e. The summed E-state index contributed by atoms with van der Waals surface area (Å²) in [6.45, 7) is 11.8. The molecule has 2 saturated carbocycles. The fraction of sp³-hybridized carbons (Fsp3) is 0.667. The van der Waals surface area contributed by atoms with Gasteiger partial charge < -0.3 is 4.90 Å². The Morgan fingerprint density at radius 3 is 2.43 bits per heavy atom. The van der Waals surface area contributed by atoms with Crippen molar-refractivity contribution in [2.75, 3.05) is 68.2 Å². The maximum atomic E-state index is 13.8. The molecule has 9 nitrogen and oxygen atoms in total. The summed E-state index contributed by atoms with van der Waals surface area (Å²) in [5.41, 5.74) is 3.38. The summed E-state index contributed by atoms with van der Waals surface area (Å²) in [6, 6.07) is 5.44. The van der Waals surface area contributed by atoms with Crippen LogP contribution in [0.1, 0.15) is 68.8 Å². The third kappa shape index (κ3) is 6.52. The number of dihydropyridines is 1. The first-order valence-corrected chi connectivity index (χ1v) is 19.9. The third-order valence-electron chi connectivity index (χ3n) is 10.2. The molecule has 0 bridgehead atoms. The molecule has 0 aromatic heterocycles. The zero-order valence-corrected chi connectivity index (χ0v) is 28.3. The Morgan fingerprint density at radius 2 is 1.84 bits per heavy atom. The SMILES string of the molecule is C=S(=O)(CC)N(CC)Cc1ccc(C(=O)CN2CCN(C3=NCC(C)(C4CC4)C=C3C3CC3)CC2)c(N2CCCS2(=O)=O)c1. The lowest BCUT2D eigenvalue weighted by molar-refractivity contribution is 0.0897. The van der Waals surface area contributed by atoms with Gasteiger partial charge in [-0.1, -0.05) is 32.9 Å². The van der Waals surface area contributed by atoms with Crippen molar-refractivity contribution in [1.29, 1.82) is 0 Å². The average Bonchev–Trinajstić information content (AvgIpc) is 3.93. The average molecular weight is 644 g/mol. The molecule has 242 valence electrons. The van der Waals surface area contributed by atoms with Crippen molar-refractivity contribution in [3.8, 4) is 0 Å². The van der Waals surface area contributed by atoms with Crippen LogP contribution >= 0.6 is 0 Å². The molecule has 4 fully saturated rings. The molecular formula is C33H49N5O4S2. The molecule has 6 rings (SSSR count). The Bertz CT molecular complexity index is 1550. The van der Waals surface area contributed by atoms with E-state index in [-0.39, 0.29) is 23.5 Å². The number of rotatable bonds is 11. The molecule has 0 amide bonds. The van der Waals surface area contributed by atoms with E-state index < -0.39 is 19.7 Å². The fourth-order valence-electron chi connectivity index (χ4n) is 7.05. The van der Waals surface area contributed by atoms with E-state index in [1.54, 1.807) is 6.07 Å². The second-order valence-corrected chi connectivity index (χ2v) is 18.2. The van der Waals surface area contributed by atoms with Gasteiger partial charge in [0.05, 0.1) is 24.5 Å². The maximum Gasteiger partial charge on any atom is 0.235 e. The monoisotopic (exact) mass is 643 g/mol. The van der Waals surface area contributed by atoms with Crippen LogP contribution in [-0.4, -0.2) is 108 Å². The van der Waals surface area contributed by atoms with Crippen molar-refractivity contribution in [2.45, 2.75) is 59.4 Å². The predicted molar refractivity (Wildman–Crippen MR) is 180 cm³/mol. The van der Waals surface area contributed by atoms with Crippen LogP contribution in [0.3, 0.4) is 0 Å². The summed E-state index contributed by atoms with van der Waals surface area (Å²) in [6.07, 6.45) is 8.27. The number of carbonyl (C=O) groups excluding carboxylic acids is 1. The molecule has 1 aromatic carbocycles. The van der Waals surface area contributed by atoms with Gasteiger partial charge in [0, 0.05) is 72.3 Å². The number of ketones is 1. The van der Waals surface area contributed by atoms with Crippen molar-refractivity contribution in [3.05, 3.63) is 41.0 Å². The number of aliphatic imine (C=N–C) groups is 1. The topological polar surface area (TPSA) is 93.6 Å². The van der Waals surface area contributed by atoms with Crippen LogP contribution < -0.4 is 4.31 Å². The van der Waals surface area contributed by atoms with Crippen molar-refractivity contribution in [3.63, 3.8) is 0 Å². The van der Waals surface area contributed by atoms with E-state index in [1.165, 1.54) is 41.4 Å². The van der Waals surface area contributed by atoms with Gasteiger partial charge in [0.15, 0.2) is 5.78 Å². The van der Waals surface area contributed by atoms with Gasteiger partial charge in [-0.2, -0.15) is 0 Å². The van der Waals surface area contributed by atoms with E-state index >= 15 is 0 Å². The van der Waals surface area contributed by atoms with Crippen LogP contribution in [0, 0.1) is 17.3 Å². The number of hydrogen-bond acceptors (Lipinski definition) is 7. The number of Topliss-reactive ketones (excluding diaryl/α,β-unsaturated/α-hetero) is 1. The van der Waals surface area contributed by atoms with E-state index in [0.717, 1.165) is 44.2 Å². The van der Waals surface area contributed by atoms with Crippen molar-refractivity contribution >= 4 is 42.9 Å². The minimum atomic E-state index is -3.49. The molecule has 3 heterocycles. The van der Waals surface area contributed by atoms with Crippen LogP contribution in [0.4, 0.5) is 5.69 Å². The van der Waals surface area contributed by atoms with Crippen LogP contribution in [0.2, 0.25) is 0 Å². The van der Waals surface area contributed by atoms with Gasteiger partial charge in [0.25, 0.3) is 0 Å². The van der Waals surface area contributed by atoms with Gasteiger partial charge in [0.2, 0.25) is 10.0 Å². The second kappa shape index (κ2) is 12.2. The van der Waals surface area contributed by atoms with Gasteiger partial charge in [0.1, 0.15) is 5.84 Å². The van der Waals surface area contributed by atoms with Crippen molar-refractivity contribution in [2.24, 2.45) is 22.2 Å². The highest BCUT2D eigenvalue weighted by atomic mass is 32.2. The predicted octanol–water partition coefficient (Wildman–Crippen LogP) is 3.66. The number of carbonyl (C=O) groups is 1. The molecule has 44 heavy (non-hydrogen) atoms. The number of anilines is 1. The summed E-state index contributed by atoms with van der Waals surface area (Å²) < 4.78 is 42.2. The first-order chi connectivity index (χ1) is 20.9. The summed E-state index contributed by atoms with van der Waals surface area (Å²) in [5.74, 6) is 6.99. The minimum Gasteiger partial charge on any atom is -0.354 e. The van der Waals surface area contributed by atoms with Crippen LogP contribution in [0.25, 0.3) is 0 Å². The van der Waals surface area contributed by atoms with E-state index in [0.29, 0.717) is 49.0 Å². The van der Waals surface area contributed by atoms with Crippen LogP contribution in [0.5, 0.6) is 0 Å². The van der Waals surface area contributed by atoms with Crippen LogP contribution in [-0.2, 0) is 26.3 Å². The maximum absolute atomic E-state index is 13.8. The van der Waals surface area contributed by atoms with Gasteiger partial charge in [-0.15, -0.1) is 0 Å². The lowest BCUT2D eigenvalue weighted by atomic mass is 9.80. The highest BCUT2D eigenvalue weighted by Crippen LogP contribution is 2.51. The number of nitrogens with zero attached hydrogens (tertiary/aromatic N) is 5. The molecule has 2 unspecified atom stereocenters. The van der Waals surface area contributed by atoms with Gasteiger partial charge in [-0.3, -0.25) is 23.2 Å². The molecule has 1 aromatic rings. The molecule has 3 aliphatic heterocycles. The summed E-state index contributed by atoms with van der Waals surface area (Å²) in [4.78, 5) is 23.6. The zero-order chi connectivity index (χ0) is 31.3. The fourth-order valence-corrected chi connectivity index (χ4v) is 9.85. The van der Waals surface area contributed by atoms with E-state index in [9.17, 15) is 17.4 Å². The Kier molecular flexibility index (Phi) is 8.80. The first kappa shape index (κ1) is 31.8. The second-order valence-electron chi connectivity index (χ2n) is 13.6. The zero-order valence-electron chi connectivity index (χ0n) is 26.7. The van der Waals surface area contributed by atoms with E-state index in [4.69, 9.17) is 4.99 Å². The quantitative estimate of drug-likeness (QED) is 0.270. The Morgan fingerprint density at radius 1 is 1.11 bits per heavy atom. The lowest BCUT2D eigenvalue weighted by Gasteiger charge is -2.40.